The first-order valence-corrected chi connectivity index (χ1v) is 7.49. The first-order valence-electron chi connectivity index (χ1n) is 7.08. The molecule has 0 spiro atoms. The van der Waals surface area contributed by atoms with Crippen LogP contribution in [0.25, 0.3) is 0 Å². The lowest BCUT2D eigenvalue weighted by atomic mass is 9.85. The molecule has 1 aliphatic carbocycles. The van der Waals surface area contributed by atoms with E-state index < -0.39 is 11.6 Å². The van der Waals surface area contributed by atoms with Crippen molar-refractivity contribution in [1.82, 2.24) is 5.32 Å². The maximum Gasteiger partial charge on any atom is 0.170 e. The van der Waals surface area contributed by atoms with Crippen LogP contribution >= 0.6 is 12.2 Å². The van der Waals surface area contributed by atoms with Crippen molar-refractivity contribution in [1.29, 1.82) is 0 Å². The molecule has 0 bridgehead atoms. The molecule has 0 aromatic heterocycles. The SMILES string of the molecule is C[C@@H](NC(=S)Nc1cc(F)cc(F)c1)C1CCCCC1. The number of anilines is 1. The van der Waals surface area contributed by atoms with Gasteiger partial charge in [0.25, 0.3) is 0 Å². The normalized spacial score (nSPS) is 17.6. The molecule has 0 heterocycles. The molecule has 1 fully saturated rings. The second kappa shape index (κ2) is 6.97. The summed E-state index contributed by atoms with van der Waals surface area (Å²) in [5.74, 6) is -0.612. The molecule has 0 unspecified atom stereocenters. The molecule has 2 nitrogen and oxygen atoms in total. The number of thiocarbonyl (C=S) groups is 1. The summed E-state index contributed by atoms with van der Waals surface area (Å²) in [6, 6.07) is 3.56. The maximum absolute atomic E-state index is 13.1. The predicted octanol–water partition coefficient (Wildman–Crippen LogP) is 4.22. The molecule has 0 aliphatic heterocycles. The van der Waals surface area contributed by atoms with E-state index in [4.69, 9.17) is 12.2 Å². The Morgan fingerprint density at radius 3 is 2.35 bits per heavy atom. The van der Waals surface area contributed by atoms with E-state index >= 15 is 0 Å². The van der Waals surface area contributed by atoms with Crippen LogP contribution in [0.4, 0.5) is 14.5 Å². The van der Waals surface area contributed by atoms with Gasteiger partial charge in [0, 0.05) is 17.8 Å². The van der Waals surface area contributed by atoms with Gasteiger partial charge in [-0.3, -0.25) is 0 Å². The van der Waals surface area contributed by atoms with Crippen LogP contribution in [-0.4, -0.2) is 11.2 Å². The number of rotatable bonds is 3. The Labute approximate surface area is 123 Å². The van der Waals surface area contributed by atoms with Crippen LogP contribution in [-0.2, 0) is 0 Å². The number of nitrogens with one attached hydrogen (secondary N) is 2. The lowest BCUT2D eigenvalue weighted by Crippen LogP contribution is -2.41. The Hall–Kier alpha value is -1.23. The Morgan fingerprint density at radius 2 is 1.75 bits per heavy atom. The summed E-state index contributed by atoms with van der Waals surface area (Å²) in [5, 5.41) is 6.46. The van der Waals surface area contributed by atoms with Crippen LogP contribution in [0.15, 0.2) is 18.2 Å². The van der Waals surface area contributed by atoms with E-state index in [-0.39, 0.29) is 6.04 Å². The summed E-state index contributed by atoms with van der Waals surface area (Å²) in [6.07, 6.45) is 6.28. The quantitative estimate of drug-likeness (QED) is 0.817. The van der Waals surface area contributed by atoms with E-state index in [1.165, 1.54) is 44.2 Å². The summed E-state index contributed by atoms with van der Waals surface area (Å²) in [4.78, 5) is 0. The maximum atomic E-state index is 13.1. The van der Waals surface area contributed by atoms with Crippen molar-refractivity contribution in [2.24, 2.45) is 5.92 Å². The third-order valence-corrected chi connectivity index (χ3v) is 4.06. The molecule has 0 radical (unpaired) electrons. The zero-order valence-electron chi connectivity index (χ0n) is 11.6. The molecule has 0 saturated heterocycles. The average Bonchev–Trinajstić information content (AvgIpc) is 2.38. The number of hydrogen-bond donors (Lipinski definition) is 2. The molecule has 5 heteroatoms. The first kappa shape index (κ1) is 15.2. The van der Waals surface area contributed by atoms with Gasteiger partial charge in [-0.05, 0) is 50.0 Å². The third-order valence-electron chi connectivity index (χ3n) is 3.84. The van der Waals surface area contributed by atoms with Gasteiger partial charge in [-0.25, -0.2) is 8.78 Å². The van der Waals surface area contributed by atoms with Crippen LogP contribution in [0, 0.1) is 17.6 Å². The van der Waals surface area contributed by atoms with E-state index in [9.17, 15) is 8.78 Å². The highest BCUT2D eigenvalue weighted by Crippen LogP contribution is 2.26. The van der Waals surface area contributed by atoms with E-state index in [0.29, 0.717) is 16.7 Å². The highest BCUT2D eigenvalue weighted by Gasteiger charge is 2.20. The van der Waals surface area contributed by atoms with Crippen LogP contribution in [0.5, 0.6) is 0 Å². The molecule has 1 atom stereocenters. The Morgan fingerprint density at radius 1 is 1.15 bits per heavy atom. The van der Waals surface area contributed by atoms with E-state index in [0.717, 1.165) is 6.07 Å². The molecule has 2 rings (SSSR count). The van der Waals surface area contributed by atoms with Gasteiger partial charge in [-0.15, -0.1) is 0 Å². The van der Waals surface area contributed by atoms with Crippen LogP contribution in [0.3, 0.4) is 0 Å². The highest BCUT2D eigenvalue weighted by molar-refractivity contribution is 7.80. The monoisotopic (exact) mass is 298 g/mol. The second-order valence-corrected chi connectivity index (χ2v) is 5.85. The van der Waals surface area contributed by atoms with Crippen molar-refractivity contribution in [3.63, 3.8) is 0 Å². The fourth-order valence-electron chi connectivity index (χ4n) is 2.75. The zero-order chi connectivity index (χ0) is 14.5. The smallest absolute Gasteiger partial charge is 0.170 e. The third kappa shape index (κ3) is 4.40. The van der Waals surface area contributed by atoms with Crippen LogP contribution in [0.1, 0.15) is 39.0 Å². The fraction of sp³-hybridized carbons (Fsp3) is 0.533. The van der Waals surface area contributed by atoms with Crippen molar-refractivity contribution in [2.45, 2.75) is 45.1 Å². The summed E-state index contributed by atoms with van der Waals surface area (Å²) >= 11 is 5.20. The minimum atomic E-state index is -0.615. The van der Waals surface area contributed by atoms with Crippen molar-refractivity contribution in [2.75, 3.05) is 5.32 Å². The van der Waals surface area contributed by atoms with Crippen molar-refractivity contribution in [3.8, 4) is 0 Å². The molecule has 110 valence electrons. The molecule has 2 N–H and O–H groups in total. The van der Waals surface area contributed by atoms with Gasteiger partial charge >= 0.3 is 0 Å². The van der Waals surface area contributed by atoms with Crippen molar-refractivity contribution in [3.05, 3.63) is 29.8 Å². The predicted molar refractivity (Wildman–Crippen MR) is 81.8 cm³/mol. The topological polar surface area (TPSA) is 24.1 Å². The lowest BCUT2D eigenvalue weighted by molar-refractivity contribution is 0.302. The van der Waals surface area contributed by atoms with Gasteiger partial charge in [0.05, 0.1) is 0 Å². The van der Waals surface area contributed by atoms with E-state index in [1.807, 2.05) is 0 Å². The minimum absolute atomic E-state index is 0.272. The molecule has 20 heavy (non-hydrogen) atoms. The molecule has 0 amide bonds. The highest BCUT2D eigenvalue weighted by atomic mass is 32.1. The largest absolute Gasteiger partial charge is 0.360 e. The van der Waals surface area contributed by atoms with E-state index in [1.54, 1.807) is 0 Å². The number of hydrogen-bond acceptors (Lipinski definition) is 1. The molecule has 1 aliphatic rings. The Bertz CT molecular complexity index is 453. The van der Waals surface area contributed by atoms with Gasteiger partial charge in [0.15, 0.2) is 5.11 Å². The van der Waals surface area contributed by atoms with Crippen molar-refractivity contribution < 1.29 is 8.78 Å². The van der Waals surface area contributed by atoms with Crippen LogP contribution < -0.4 is 10.6 Å². The minimum Gasteiger partial charge on any atom is -0.360 e. The van der Waals surface area contributed by atoms with Gasteiger partial charge < -0.3 is 10.6 Å². The molecular weight excluding hydrogens is 278 g/mol. The second-order valence-electron chi connectivity index (χ2n) is 5.44. The zero-order valence-corrected chi connectivity index (χ0v) is 12.4. The van der Waals surface area contributed by atoms with E-state index in [2.05, 4.69) is 17.6 Å². The van der Waals surface area contributed by atoms with Crippen molar-refractivity contribution >= 4 is 23.0 Å². The molecule has 1 aromatic rings. The van der Waals surface area contributed by atoms with Gasteiger partial charge in [-0.1, -0.05) is 19.3 Å². The van der Waals surface area contributed by atoms with Crippen LogP contribution in [0.2, 0.25) is 0 Å². The number of benzene rings is 1. The molecular formula is C15H20F2N2S. The summed E-state index contributed by atoms with van der Waals surface area (Å²) < 4.78 is 26.2. The average molecular weight is 298 g/mol. The molecule has 1 saturated carbocycles. The Kier molecular flexibility index (Phi) is 5.29. The number of halogens is 2. The summed E-state index contributed by atoms with van der Waals surface area (Å²) in [5.41, 5.74) is 0.329. The summed E-state index contributed by atoms with van der Waals surface area (Å²) in [6.45, 7) is 2.11. The lowest BCUT2D eigenvalue weighted by Gasteiger charge is -2.29. The first-order chi connectivity index (χ1) is 9.54. The summed E-state index contributed by atoms with van der Waals surface area (Å²) in [7, 11) is 0. The Balaban J connectivity index is 1.88. The standard InChI is InChI=1S/C15H20F2N2S/c1-10(11-5-3-2-4-6-11)18-15(20)19-14-8-12(16)7-13(17)9-14/h7-11H,2-6H2,1H3,(H2,18,19,20)/t10-/m1/s1. The van der Waals surface area contributed by atoms with Gasteiger partial charge in [-0.2, -0.15) is 0 Å². The molecule has 1 aromatic carbocycles. The van der Waals surface area contributed by atoms with Gasteiger partial charge in [0.1, 0.15) is 11.6 Å². The fourth-order valence-corrected chi connectivity index (χ4v) is 3.06. The van der Waals surface area contributed by atoms with Gasteiger partial charge in [0.2, 0.25) is 0 Å².